The molecular weight excluding hydrogens is 160 g/mol. The molecule has 11 heavy (non-hydrogen) atoms. The largest absolute Gasteiger partial charge is 0.385 e. The second kappa shape index (κ2) is 3.77. The molecule has 0 bridgehead atoms. The van der Waals surface area contributed by atoms with Crippen LogP contribution in [0.3, 0.4) is 0 Å². The molecule has 66 valence electrons. The Morgan fingerprint density at radius 3 is 2.55 bits per heavy atom. The van der Waals surface area contributed by atoms with Crippen LogP contribution in [0.1, 0.15) is 26.2 Å². The molecule has 1 aliphatic rings. The van der Waals surface area contributed by atoms with E-state index in [-0.39, 0.29) is 0 Å². The highest BCUT2D eigenvalue weighted by atomic mass is 35.5. The Hall–Kier alpha value is 0.250. The first-order valence-corrected chi connectivity index (χ1v) is 4.81. The van der Waals surface area contributed by atoms with Gasteiger partial charge in [-0.1, -0.05) is 6.92 Å². The molecule has 1 aliphatic carbocycles. The molecular formula is C9H17ClO. The minimum Gasteiger partial charge on any atom is -0.385 e. The van der Waals surface area contributed by atoms with Crippen LogP contribution in [0.15, 0.2) is 0 Å². The normalized spacial score (nSPS) is 23.2. The number of alkyl halides is 1. The Morgan fingerprint density at radius 1 is 1.55 bits per heavy atom. The Bertz CT molecular complexity index is 123. The van der Waals surface area contributed by atoms with Gasteiger partial charge in [0.2, 0.25) is 0 Å². The SMILES string of the molecule is COCCC(C)(CCl)C1CC1. The maximum Gasteiger partial charge on any atom is 0.0467 e. The fraction of sp³-hybridized carbons (Fsp3) is 1.00. The van der Waals surface area contributed by atoms with Crippen molar-refractivity contribution in [2.45, 2.75) is 26.2 Å². The third-order valence-electron chi connectivity index (χ3n) is 2.75. The summed E-state index contributed by atoms with van der Waals surface area (Å²) in [7, 11) is 1.75. The van der Waals surface area contributed by atoms with Crippen molar-refractivity contribution < 1.29 is 4.74 Å². The second-order valence-electron chi connectivity index (χ2n) is 3.80. The third-order valence-corrected chi connectivity index (χ3v) is 3.36. The number of hydrogen-bond donors (Lipinski definition) is 0. The topological polar surface area (TPSA) is 9.23 Å². The van der Waals surface area contributed by atoms with Crippen LogP contribution in [-0.2, 0) is 4.74 Å². The molecule has 0 spiro atoms. The fourth-order valence-electron chi connectivity index (χ4n) is 1.50. The van der Waals surface area contributed by atoms with Gasteiger partial charge in [-0.05, 0) is 30.6 Å². The Morgan fingerprint density at radius 2 is 2.18 bits per heavy atom. The predicted octanol–water partition coefficient (Wildman–Crippen LogP) is 2.68. The second-order valence-corrected chi connectivity index (χ2v) is 4.07. The van der Waals surface area contributed by atoms with E-state index in [0.717, 1.165) is 24.8 Å². The van der Waals surface area contributed by atoms with Gasteiger partial charge in [0.05, 0.1) is 0 Å². The summed E-state index contributed by atoms with van der Waals surface area (Å²) < 4.78 is 5.06. The van der Waals surface area contributed by atoms with Crippen molar-refractivity contribution in [1.82, 2.24) is 0 Å². The third kappa shape index (κ3) is 2.34. The average molecular weight is 177 g/mol. The Labute approximate surface area is 74.1 Å². The zero-order valence-corrected chi connectivity index (χ0v) is 8.16. The van der Waals surface area contributed by atoms with Gasteiger partial charge in [0.25, 0.3) is 0 Å². The van der Waals surface area contributed by atoms with Gasteiger partial charge < -0.3 is 4.74 Å². The van der Waals surface area contributed by atoms with Crippen molar-refractivity contribution in [3.05, 3.63) is 0 Å². The van der Waals surface area contributed by atoms with Crippen molar-refractivity contribution >= 4 is 11.6 Å². The molecule has 1 rings (SSSR count). The van der Waals surface area contributed by atoms with E-state index in [4.69, 9.17) is 16.3 Å². The zero-order valence-electron chi connectivity index (χ0n) is 7.40. The molecule has 1 saturated carbocycles. The van der Waals surface area contributed by atoms with E-state index in [2.05, 4.69) is 6.92 Å². The van der Waals surface area contributed by atoms with E-state index in [0.29, 0.717) is 5.41 Å². The van der Waals surface area contributed by atoms with Crippen molar-refractivity contribution in [2.24, 2.45) is 11.3 Å². The molecule has 1 atom stereocenters. The lowest BCUT2D eigenvalue weighted by molar-refractivity contribution is 0.143. The summed E-state index contributed by atoms with van der Waals surface area (Å²) in [6.45, 7) is 3.12. The lowest BCUT2D eigenvalue weighted by atomic mass is 9.84. The summed E-state index contributed by atoms with van der Waals surface area (Å²) in [5, 5.41) is 0. The fourth-order valence-corrected chi connectivity index (χ4v) is 1.85. The van der Waals surface area contributed by atoms with Crippen LogP contribution in [0, 0.1) is 11.3 Å². The molecule has 1 fully saturated rings. The molecule has 0 radical (unpaired) electrons. The molecule has 1 unspecified atom stereocenters. The van der Waals surface area contributed by atoms with Crippen molar-refractivity contribution in [2.75, 3.05) is 19.6 Å². The van der Waals surface area contributed by atoms with Crippen molar-refractivity contribution in [1.29, 1.82) is 0 Å². The molecule has 0 N–H and O–H groups in total. The van der Waals surface area contributed by atoms with Crippen LogP contribution < -0.4 is 0 Å². The van der Waals surface area contributed by atoms with E-state index in [1.807, 2.05) is 0 Å². The molecule has 0 saturated heterocycles. The van der Waals surface area contributed by atoms with Gasteiger partial charge in [-0.15, -0.1) is 11.6 Å². The molecule has 0 amide bonds. The summed E-state index contributed by atoms with van der Waals surface area (Å²) in [4.78, 5) is 0. The zero-order chi connectivity index (χ0) is 8.32. The first kappa shape index (κ1) is 9.34. The lowest BCUT2D eigenvalue weighted by Crippen LogP contribution is -2.23. The number of ether oxygens (including phenoxy) is 1. The van der Waals surface area contributed by atoms with Crippen LogP contribution in [0.25, 0.3) is 0 Å². The Kier molecular flexibility index (Phi) is 3.20. The maximum atomic E-state index is 5.92. The van der Waals surface area contributed by atoms with Crippen LogP contribution in [0.5, 0.6) is 0 Å². The van der Waals surface area contributed by atoms with Gasteiger partial charge in [-0.3, -0.25) is 0 Å². The average Bonchev–Trinajstić information content (AvgIpc) is 2.82. The van der Waals surface area contributed by atoms with Crippen LogP contribution in [0.4, 0.5) is 0 Å². The predicted molar refractivity (Wildman–Crippen MR) is 48.0 cm³/mol. The van der Waals surface area contributed by atoms with E-state index < -0.39 is 0 Å². The summed E-state index contributed by atoms with van der Waals surface area (Å²) >= 11 is 5.92. The highest BCUT2D eigenvalue weighted by molar-refractivity contribution is 6.18. The molecule has 0 aromatic heterocycles. The van der Waals surface area contributed by atoms with Crippen molar-refractivity contribution in [3.63, 3.8) is 0 Å². The van der Waals surface area contributed by atoms with Gasteiger partial charge in [0.15, 0.2) is 0 Å². The van der Waals surface area contributed by atoms with Crippen LogP contribution >= 0.6 is 11.6 Å². The van der Waals surface area contributed by atoms with E-state index in [1.165, 1.54) is 12.8 Å². The summed E-state index contributed by atoms with van der Waals surface area (Å²) in [5.41, 5.74) is 0.345. The van der Waals surface area contributed by atoms with E-state index in [9.17, 15) is 0 Å². The van der Waals surface area contributed by atoms with E-state index >= 15 is 0 Å². The lowest BCUT2D eigenvalue weighted by Gasteiger charge is -2.26. The molecule has 0 heterocycles. The van der Waals surface area contributed by atoms with Gasteiger partial charge in [-0.25, -0.2) is 0 Å². The maximum absolute atomic E-state index is 5.92. The minimum absolute atomic E-state index is 0.345. The molecule has 2 heteroatoms. The summed E-state index contributed by atoms with van der Waals surface area (Å²) in [6, 6.07) is 0. The monoisotopic (exact) mass is 176 g/mol. The van der Waals surface area contributed by atoms with Gasteiger partial charge in [-0.2, -0.15) is 0 Å². The molecule has 0 aromatic rings. The summed E-state index contributed by atoms with van der Waals surface area (Å²) in [6.07, 6.45) is 3.84. The van der Waals surface area contributed by atoms with Gasteiger partial charge >= 0.3 is 0 Å². The number of methoxy groups -OCH3 is 1. The highest BCUT2D eigenvalue weighted by Gasteiger charge is 2.40. The smallest absolute Gasteiger partial charge is 0.0467 e. The number of hydrogen-bond acceptors (Lipinski definition) is 1. The standard InChI is InChI=1S/C9H17ClO/c1-9(7-10,5-6-11-2)8-3-4-8/h8H,3-7H2,1-2H3. The number of halogens is 1. The first-order valence-electron chi connectivity index (χ1n) is 4.28. The minimum atomic E-state index is 0.345. The van der Waals surface area contributed by atoms with E-state index in [1.54, 1.807) is 7.11 Å². The van der Waals surface area contributed by atoms with Crippen LogP contribution in [-0.4, -0.2) is 19.6 Å². The van der Waals surface area contributed by atoms with Crippen molar-refractivity contribution in [3.8, 4) is 0 Å². The molecule has 0 aliphatic heterocycles. The molecule has 1 nitrogen and oxygen atoms in total. The first-order chi connectivity index (χ1) is 5.23. The number of rotatable bonds is 5. The van der Waals surface area contributed by atoms with Gasteiger partial charge in [0, 0.05) is 19.6 Å². The Balaban J connectivity index is 2.31. The quantitative estimate of drug-likeness (QED) is 0.586. The van der Waals surface area contributed by atoms with Crippen LogP contribution in [0.2, 0.25) is 0 Å². The molecule has 0 aromatic carbocycles. The summed E-state index contributed by atoms with van der Waals surface area (Å²) in [5.74, 6) is 1.65. The van der Waals surface area contributed by atoms with Gasteiger partial charge in [0.1, 0.15) is 0 Å². The highest BCUT2D eigenvalue weighted by Crippen LogP contribution is 2.48.